The van der Waals surface area contributed by atoms with E-state index >= 15 is 0 Å². The van der Waals surface area contributed by atoms with Crippen molar-refractivity contribution in [3.63, 3.8) is 0 Å². The summed E-state index contributed by atoms with van der Waals surface area (Å²) in [7, 11) is 1.67. The number of fused-ring (bicyclic) bond motifs is 1. The van der Waals surface area contributed by atoms with Gasteiger partial charge in [0.2, 0.25) is 0 Å². The maximum absolute atomic E-state index is 5.82. The molecule has 0 N–H and O–H groups in total. The van der Waals surface area contributed by atoms with Crippen molar-refractivity contribution in [3.05, 3.63) is 59.7 Å². The molecule has 0 amide bonds. The van der Waals surface area contributed by atoms with Crippen LogP contribution in [0.1, 0.15) is 17.5 Å². The summed E-state index contributed by atoms with van der Waals surface area (Å²) in [4.78, 5) is 0. The lowest BCUT2D eigenvalue weighted by molar-refractivity contribution is -0.0654. The Labute approximate surface area is 119 Å². The van der Waals surface area contributed by atoms with Crippen LogP contribution in [0.3, 0.4) is 0 Å². The molecule has 1 atom stereocenters. The fourth-order valence-electron chi connectivity index (χ4n) is 2.34. The van der Waals surface area contributed by atoms with Crippen LogP contribution >= 0.6 is 0 Å². The van der Waals surface area contributed by atoms with Crippen molar-refractivity contribution >= 4 is 0 Å². The number of benzene rings is 2. The van der Waals surface area contributed by atoms with Crippen molar-refractivity contribution < 1.29 is 14.2 Å². The van der Waals surface area contributed by atoms with E-state index in [-0.39, 0.29) is 6.29 Å². The van der Waals surface area contributed by atoms with Crippen LogP contribution in [0.15, 0.2) is 48.5 Å². The molecule has 0 aliphatic carbocycles. The predicted octanol–water partition coefficient (Wildman–Crippen LogP) is 3.56. The third-order valence-corrected chi connectivity index (χ3v) is 3.45. The zero-order valence-corrected chi connectivity index (χ0v) is 11.5. The molecule has 0 bridgehead atoms. The van der Waals surface area contributed by atoms with Gasteiger partial charge in [-0.2, -0.15) is 0 Å². The van der Waals surface area contributed by atoms with E-state index in [1.165, 1.54) is 11.1 Å². The largest absolute Gasteiger partial charge is 0.489 e. The van der Waals surface area contributed by atoms with Gasteiger partial charge in [-0.15, -0.1) is 0 Å². The van der Waals surface area contributed by atoms with Gasteiger partial charge in [-0.1, -0.05) is 30.3 Å². The minimum Gasteiger partial charge on any atom is -0.489 e. The Morgan fingerprint density at radius 3 is 2.80 bits per heavy atom. The third-order valence-electron chi connectivity index (χ3n) is 3.45. The summed E-state index contributed by atoms with van der Waals surface area (Å²) < 4.78 is 16.8. The van der Waals surface area contributed by atoms with E-state index in [9.17, 15) is 0 Å². The molecule has 20 heavy (non-hydrogen) atoms. The molecular weight excluding hydrogens is 252 g/mol. The van der Waals surface area contributed by atoms with E-state index in [2.05, 4.69) is 18.2 Å². The highest BCUT2D eigenvalue weighted by Crippen LogP contribution is 2.31. The first kappa shape index (κ1) is 13.0. The molecular formula is C17H18O3. The molecule has 0 radical (unpaired) electrons. The van der Waals surface area contributed by atoms with Gasteiger partial charge in [0.1, 0.15) is 18.1 Å². The number of rotatable bonds is 4. The van der Waals surface area contributed by atoms with Crippen LogP contribution < -0.4 is 9.47 Å². The van der Waals surface area contributed by atoms with Crippen molar-refractivity contribution in [2.24, 2.45) is 0 Å². The normalized spacial score (nSPS) is 17.1. The van der Waals surface area contributed by atoms with Gasteiger partial charge in [-0.25, -0.2) is 0 Å². The van der Waals surface area contributed by atoms with Crippen LogP contribution in [0, 0.1) is 0 Å². The highest BCUT2D eigenvalue weighted by Gasteiger charge is 2.19. The maximum Gasteiger partial charge on any atom is 0.199 e. The Kier molecular flexibility index (Phi) is 3.88. The second-order valence-electron chi connectivity index (χ2n) is 4.87. The molecule has 3 nitrogen and oxygen atoms in total. The number of hydrogen-bond acceptors (Lipinski definition) is 3. The van der Waals surface area contributed by atoms with Crippen LogP contribution in [0.4, 0.5) is 0 Å². The fourth-order valence-corrected chi connectivity index (χ4v) is 2.34. The number of hydrogen-bond donors (Lipinski definition) is 0. The molecule has 104 valence electrons. The minimum absolute atomic E-state index is 0.126. The standard InChI is InChI=1S/C17H18O3/c1-18-17-10-7-14-11-15(8-9-16(14)20-17)19-12-13-5-3-2-4-6-13/h2-6,8-9,11,17H,7,10,12H2,1H3. The molecule has 0 spiro atoms. The Bertz CT molecular complexity index is 566. The Morgan fingerprint density at radius 1 is 1.15 bits per heavy atom. The number of methoxy groups -OCH3 is 1. The topological polar surface area (TPSA) is 27.7 Å². The smallest absolute Gasteiger partial charge is 0.199 e. The lowest BCUT2D eigenvalue weighted by atomic mass is 10.1. The van der Waals surface area contributed by atoms with Gasteiger partial charge < -0.3 is 14.2 Å². The fraction of sp³-hybridized carbons (Fsp3) is 0.294. The van der Waals surface area contributed by atoms with Crippen LogP contribution in [-0.2, 0) is 17.8 Å². The van der Waals surface area contributed by atoms with Gasteiger partial charge in [0.05, 0.1) is 0 Å². The monoisotopic (exact) mass is 270 g/mol. The summed E-state index contributed by atoms with van der Waals surface area (Å²) in [6, 6.07) is 16.1. The first-order chi connectivity index (χ1) is 9.85. The van der Waals surface area contributed by atoms with E-state index in [4.69, 9.17) is 14.2 Å². The van der Waals surface area contributed by atoms with Gasteiger partial charge in [-0.3, -0.25) is 0 Å². The highest BCUT2D eigenvalue weighted by molar-refractivity contribution is 5.41. The predicted molar refractivity (Wildman–Crippen MR) is 77.0 cm³/mol. The SMILES string of the molecule is COC1CCc2cc(OCc3ccccc3)ccc2O1. The van der Waals surface area contributed by atoms with Crippen LogP contribution in [0.2, 0.25) is 0 Å². The van der Waals surface area contributed by atoms with Crippen molar-refractivity contribution in [1.29, 1.82) is 0 Å². The summed E-state index contributed by atoms with van der Waals surface area (Å²) in [5, 5.41) is 0. The molecule has 1 aliphatic rings. The molecule has 3 heteroatoms. The molecule has 0 aromatic heterocycles. The van der Waals surface area contributed by atoms with Crippen molar-refractivity contribution in [1.82, 2.24) is 0 Å². The molecule has 0 saturated heterocycles. The van der Waals surface area contributed by atoms with Crippen LogP contribution in [-0.4, -0.2) is 13.4 Å². The first-order valence-electron chi connectivity index (χ1n) is 6.84. The average molecular weight is 270 g/mol. The summed E-state index contributed by atoms with van der Waals surface area (Å²) >= 11 is 0. The average Bonchev–Trinajstić information content (AvgIpc) is 2.53. The molecule has 2 aromatic carbocycles. The van der Waals surface area contributed by atoms with Gasteiger partial charge >= 0.3 is 0 Å². The van der Waals surface area contributed by atoms with Crippen molar-refractivity contribution in [2.75, 3.05) is 7.11 Å². The summed E-state index contributed by atoms with van der Waals surface area (Å²) in [6.07, 6.45) is 1.71. The zero-order chi connectivity index (χ0) is 13.8. The third kappa shape index (κ3) is 2.94. The second-order valence-corrected chi connectivity index (χ2v) is 4.87. The van der Waals surface area contributed by atoms with Gasteiger partial charge in [0.25, 0.3) is 0 Å². The molecule has 0 fully saturated rings. The van der Waals surface area contributed by atoms with E-state index in [1.807, 2.05) is 30.3 Å². The quantitative estimate of drug-likeness (QED) is 0.850. The lowest BCUT2D eigenvalue weighted by Crippen LogP contribution is -2.24. The van der Waals surface area contributed by atoms with Crippen LogP contribution in [0.25, 0.3) is 0 Å². The Balaban J connectivity index is 1.67. The lowest BCUT2D eigenvalue weighted by Gasteiger charge is -2.25. The highest BCUT2D eigenvalue weighted by atomic mass is 16.7. The Morgan fingerprint density at radius 2 is 2.00 bits per heavy atom. The number of ether oxygens (including phenoxy) is 3. The molecule has 3 rings (SSSR count). The van der Waals surface area contributed by atoms with E-state index in [0.29, 0.717) is 6.61 Å². The molecule has 0 saturated carbocycles. The van der Waals surface area contributed by atoms with E-state index in [0.717, 1.165) is 24.3 Å². The zero-order valence-electron chi connectivity index (χ0n) is 11.5. The van der Waals surface area contributed by atoms with E-state index in [1.54, 1.807) is 7.11 Å². The van der Waals surface area contributed by atoms with Gasteiger partial charge in [-0.05, 0) is 35.7 Å². The van der Waals surface area contributed by atoms with E-state index < -0.39 is 0 Å². The van der Waals surface area contributed by atoms with Crippen LogP contribution in [0.5, 0.6) is 11.5 Å². The van der Waals surface area contributed by atoms with Crippen molar-refractivity contribution in [2.45, 2.75) is 25.7 Å². The molecule has 1 heterocycles. The Hall–Kier alpha value is -2.00. The minimum atomic E-state index is -0.126. The first-order valence-corrected chi connectivity index (χ1v) is 6.84. The van der Waals surface area contributed by atoms with Gasteiger partial charge in [0.15, 0.2) is 6.29 Å². The van der Waals surface area contributed by atoms with Gasteiger partial charge in [0, 0.05) is 13.5 Å². The molecule has 2 aromatic rings. The summed E-state index contributed by atoms with van der Waals surface area (Å²) in [6.45, 7) is 0.585. The number of aryl methyl sites for hydroxylation is 1. The van der Waals surface area contributed by atoms with Crippen molar-refractivity contribution in [3.8, 4) is 11.5 Å². The summed E-state index contributed by atoms with van der Waals surface area (Å²) in [5.74, 6) is 1.78. The molecule has 1 aliphatic heterocycles. The molecule has 1 unspecified atom stereocenters. The second kappa shape index (κ2) is 5.97. The maximum atomic E-state index is 5.82. The summed E-state index contributed by atoms with van der Waals surface area (Å²) in [5.41, 5.74) is 2.35.